The fraction of sp³-hybridized carbons (Fsp3) is 0.400. The normalized spacial score (nSPS) is 15.8. The van der Waals surface area contributed by atoms with E-state index >= 15 is 0 Å². The number of benzene rings is 1. The van der Waals surface area contributed by atoms with Crippen LogP contribution in [-0.2, 0) is 0 Å². The number of hydrogen-bond donors (Lipinski definition) is 0. The maximum Gasteiger partial charge on any atom is 0.165 e. The molecule has 3 heteroatoms. The van der Waals surface area contributed by atoms with E-state index in [1.807, 2.05) is 0 Å². The first-order valence-corrected chi connectivity index (χ1v) is 4.71. The van der Waals surface area contributed by atoms with Gasteiger partial charge in [0.1, 0.15) is 0 Å². The Kier molecular flexibility index (Phi) is 2.40. The highest BCUT2D eigenvalue weighted by Crippen LogP contribution is 2.30. The minimum Gasteiger partial charge on any atom is -0.490 e. The Morgan fingerprint density at radius 2 is 2.23 bits per heavy atom. The van der Waals surface area contributed by atoms with Gasteiger partial charge < -0.3 is 4.74 Å². The fourth-order valence-electron chi connectivity index (χ4n) is 1.08. The van der Waals surface area contributed by atoms with Crippen molar-refractivity contribution in [3.63, 3.8) is 0 Å². The van der Waals surface area contributed by atoms with Crippen LogP contribution in [0.4, 0.5) is 4.39 Å². The van der Waals surface area contributed by atoms with E-state index < -0.39 is 0 Å². The third-order valence-electron chi connectivity index (χ3n) is 2.06. The van der Waals surface area contributed by atoms with Gasteiger partial charge in [-0.05, 0) is 30.9 Å². The standard InChI is InChI=1S/C10H10ClFO/c11-8-3-4-9(12)10(5-8)13-6-7-1-2-7/h3-5,7H,1-2,6H2. The van der Waals surface area contributed by atoms with E-state index in [1.54, 1.807) is 0 Å². The van der Waals surface area contributed by atoms with Gasteiger partial charge in [0.05, 0.1) is 6.61 Å². The van der Waals surface area contributed by atoms with E-state index in [9.17, 15) is 4.39 Å². The molecular weight excluding hydrogens is 191 g/mol. The lowest BCUT2D eigenvalue weighted by molar-refractivity contribution is 0.285. The Balaban J connectivity index is 2.03. The van der Waals surface area contributed by atoms with Gasteiger partial charge in [-0.1, -0.05) is 11.6 Å². The number of rotatable bonds is 3. The zero-order valence-electron chi connectivity index (χ0n) is 7.09. The number of ether oxygens (including phenoxy) is 1. The zero-order valence-corrected chi connectivity index (χ0v) is 7.85. The predicted octanol–water partition coefficient (Wildman–Crippen LogP) is 3.27. The molecule has 0 saturated heterocycles. The van der Waals surface area contributed by atoms with E-state index in [2.05, 4.69) is 0 Å². The third-order valence-corrected chi connectivity index (χ3v) is 2.30. The molecule has 2 rings (SSSR count). The topological polar surface area (TPSA) is 9.23 Å². The molecule has 13 heavy (non-hydrogen) atoms. The van der Waals surface area contributed by atoms with Gasteiger partial charge in [-0.2, -0.15) is 0 Å². The molecular formula is C10H10ClFO. The van der Waals surface area contributed by atoms with Gasteiger partial charge in [0.2, 0.25) is 0 Å². The maximum atomic E-state index is 13.1. The van der Waals surface area contributed by atoms with E-state index in [4.69, 9.17) is 16.3 Å². The van der Waals surface area contributed by atoms with Crippen LogP contribution in [0.1, 0.15) is 12.8 Å². The summed E-state index contributed by atoms with van der Waals surface area (Å²) in [5.41, 5.74) is 0. The molecule has 0 spiro atoms. The van der Waals surface area contributed by atoms with Crippen molar-refractivity contribution in [1.82, 2.24) is 0 Å². The summed E-state index contributed by atoms with van der Waals surface area (Å²) >= 11 is 5.70. The molecule has 1 fully saturated rings. The molecule has 1 aromatic rings. The summed E-state index contributed by atoms with van der Waals surface area (Å²) in [6, 6.07) is 4.35. The average Bonchev–Trinajstić information content (AvgIpc) is 2.90. The monoisotopic (exact) mass is 200 g/mol. The van der Waals surface area contributed by atoms with E-state index in [0.29, 0.717) is 17.5 Å². The van der Waals surface area contributed by atoms with Crippen LogP contribution in [0.5, 0.6) is 5.75 Å². The molecule has 0 atom stereocenters. The summed E-state index contributed by atoms with van der Waals surface area (Å²) in [6.45, 7) is 0.608. The van der Waals surface area contributed by atoms with Crippen molar-refractivity contribution in [1.29, 1.82) is 0 Å². The van der Waals surface area contributed by atoms with Crippen molar-refractivity contribution in [2.45, 2.75) is 12.8 Å². The Morgan fingerprint density at radius 1 is 1.46 bits per heavy atom. The van der Waals surface area contributed by atoms with Crippen LogP contribution in [0.25, 0.3) is 0 Å². The Labute approximate surface area is 81.5 Å². The molecule has 0 unspecified atom stereocenters. The molecule has 70 valence electrons. The lowest BCUT2D eigenvalue weighted by Gasteiger charge is -2.05. The van der Waals surface area contributed by atoms with Gasteiger partial charge in [-0.3, -0.25) is 0 Å². The summed E-state index contributed by atoms with van der Waals surface area (Å²) in [5.74, 6) is 0.544. The second kappa shape index (κ2) is 3.54. The number of hydrogen-bond acceptors (Lipinski definition) is 1. The van der Waals surface area contributed by atoms with Gasteiger partial charge in [-0.15, -0.1) is 0 Å². The molecule has 0 bridgehead atoms. The summed E-state index contributed by atoms with van der Waals surface area (Å²) in [5, 5.41) is 0.507. The molecule has 0 aromatic heterocycles. The largest absolute Gasteiger partial charge is 0.490 e. The number of halogens is 2. The quantitative estimate of drug-likeness (QED) is 0.728. The maximum absolute atomic E-state index is 13.1. The molecule has 1 nitrogen and oxygen atoms in total. The van der Waals surface area contributed by atoms with Gasteiger partial charge in [0.25, 0.3) is 0 Å². The molecule has 0 aliphatic heterocycles. The molecule has 0 N–H and O–H groups in total. The van der Waals surface area contributed by atoms with Crippen LogP contribution in [0.15, 0.2) is 18.2 Å². The molecule has 0 amide bonds. The lowest BCUT2D eigenvalue weighted by atomic mass is 10.3. The van der Waals surface area contributed by atoms with Crippen molar-refractivity contribution < 1.29 is 9.13 Å². The van der Waals surface area contributed by atoms with Crippen molar-refractivity contribution >= 4 is 11.6 Å². The molecule has 1 saturated carbocycles. The van der Waals surface area contributed by atoms with Gasteiger partial charge in [0, 0.05) is 11.1 Å². The molecule has 0 radical (unpaired) electrons. The highest BCUT2D eigenvalue weighted by Gasteiger charge is 2.22. The molecule has 1 aliphatic rings. The second-order valence-corrected chi connectivity index (χ2v) is 3.77. The average molecular weight is 201 g/mol. The molecule has 1 aromatic carbocycles. The first-order valence-electron chi connectivity index (χ1n) is 4.33. The Morgan fingerprint density at radius 3 is 2.92 bits per heavy atom. The summed E-state index contributed by atoms with van der Waals surface area (Å²) < 4.78 is 18.3. The third kappa shape index (κ3) is 2.34. The summed E-state index contributed by atoms with van der Waals surface area (Å²) in [4.78, 5) is 0. The van der Waals surface area contributed by atoms with Gasteiger partial charge >= 0.3 is 0 Å². The van der Waals surface area contributed by atoms with Crippen molar-refractivity contribution in [3.8, 4) is 5.75 Å². The van der Waals surface area contributed by atoms with Crippen molar-refractivity contribution in [2.75, 3.05) is 6.61 Å². The van der Waals surface area contributed by atoms with E-state index in [0.717, 1.165) is 0 Å². The van der Waals surface area contributed by atoms with E-state index in [1.165, 1.54) is 31.0 Å². The van der Waals surface area contributed by atoms with Crippen molar-refractivity contribution in [3.05, 3.63) is 29.0 Å². The van der Waals surface area contributed by atoms with Crippen LogP contribution in [-0.4, -0.2) is 6.61 Å². The van der Waals surface area contributed by atoms with Gasteiger partial charge in [0.15, 0.2) is 11.6 Å². The first-order chi connectivity index (χ1) is 6.25. The van der Waals surface area contributed by atoms with Gasteiger partial charge in [-0.25, -0.2) is 4.39 Å². The predicted molar refractivity (Wildman–Crippen MR) is 49.6 cm³/mol. The summed E-state index contributed by atoms with van der Waals surface area (Å²) in [7, 11) is 0. The molecule has 0 heterocycles. The smallest absolute Gasteiger partial charge is 0.165 e. The summed E-state index contributed by atoms with van der Waals surface area (Å²) in [6.07, 6.45) is 2.39. The van der Waals surface area contributed by atoms with Crippen LogP contribution in [0.3, 0.4) is 0 Å². The Bertz CT molecular complexity index is 310. The Hall–Kier alpha value is -0.760. The SMILES string of the molecule is Fc1ccc(Cl)cc1OCC1CC1. The fourth-order valence-corrected chi connectivity index (χ4v) is 1.24. The van der Waals surface area contributed by atoms with Crippen LogP contribution >= 0.6 is 11.6 Å². The van der Waals surface area contributed by atoms with Crippen LogP contribution in [0.2, 0.25) is 5.02 Å². The zero-order chi connectivity index (χ0) is 9.26. The lowest BCUT2D eigenvalue weighted by Crippen LogP contribution is -2.00. The minimum absolute atomic E-state index is 0.263. The first kappa shape index (κ1) is 8.82. The highest BCUT2D eigenvalue weighted by molar-refractivity contribution is 6.30. The molecule has 1 aliphatic carbocycles. The second-order valence-electron chi connectivity index (χ2n) is 3.33. The highest BCUT2D eigenvalue weighted by atomic mass is 35.5. The van der Waals surface area contributed by atoms with Crippen LogP contribution < -0.4 is 4.74 Å². The van der Waals surface area contributed by atoms with Crippen molar-refractivity contribution in [2.24, 2.45) is 5.92 Å². The minimum atomic E-state index is -0.343. The van der Waals surface area contributed by atoms with E-state index in [-0.39, 0.29) is 11.6 Å². The van der Waals surface area contributed by atoms with Crippen LogP contribution in [0, 0.1) is 11.7 Å².